The summed E-state index contributed by atoms with van der Waals surface area (Å²) in [4.78, 5) is 40.2. The molecule has 2 aromatic carbocycles. The molecule has 2 aliphatic rings. The van der Waals surface area contributed by atoms with Crippen LogP contribution in [0.1, 0.15) is 48.9 Å². The van der Waals surface area contributed by atoms with Gasteiger partial charge in [-0.05, 0) is 49.2 Å². The number of carbonyl (C=O) groups excluding carboxylic acids is 3. The highest BCUT2D eigenvalue weighted by atomic mass is 16.5. The van der Waals surface area contributed by atoms with Crippen molar-refractivity contribution in [1.82, 2.24) is 4.90 Å². The Balaban J connectivity index is 1.41. The molecule has 3 amide bonds. The largest absolute Gasteiger partial charge is 0.497 e. The number of benzene rings is 2. The number of ether oxygens (including phenoxy) is 1. The molecule has 7 nitrogen and oxygen atoms in total. The minimum Gasteiger partial charge on any atom is -0.497 e. The Morgan fingerprint density at radius 3 is 2.41 bits per heavy atom. The molecule has 1 atom stereocenters. The highest BCUT2D eigenvalue weighted by molar-refractivity contribution is 6.10. The standard InChI is InChI=1S/C25H29N3O4/c1-32-20-13-11-18(12-14-20)26-25(31)21-9-5-6-10-22(21)27-24(30)17-15-23(29)28(16-17)19-7-3-2-4-8-19/h5-6,9-14,17,19H,2-4,7-8,15-16H2,1H3,(H,26,31)(H,27,30)/t17-/m1/s1. The molecule has 1 aliphatic heterocycles. The summed E-state index contributed by atoms with van der Waals surface area (Å²) in [6.07, 6.45) is 5.77. The Morgan fingerprint density at radius 1 is 0.969 bits per heavy atom. The van der Waals surface area contributed by atoms with Crippen LogP contribution in [0.4, 0.5) is 11.4 Å². The lowest BCUT2D eigenvalue weighted by Gasteiger charge is -2.31. The van der Waals surface area contributed by atoms with E-state index in [1.807, 2.05) is 4.90 Å². The Hall–Kier alpha value is -3.35. The zero-order valence-corrected chi connectivity index (χ0v) is 18.3. The van der Waals surface area contributed by atoms with Gasteiger partial charge in [-0.3, -0.25) is 14.4 Å². The van der Waals surface area contributed by atoms with Gasteiger partial charge in [-0.15, -0.1) is 0 Å². The number of likely N-dealkylation sites (tertiary alicyclic amines) is 1. The number of carbonyl (C=O) groups is 3. The van der Waals surface area contributed by atoms with Gasteiger partial charge < -0.3 is 20.3 Å². The van der Waals surface area contributed by atoms with Crippen LogP contribution < -0.4 is 15.4 Å². The van der Waals surface area contributed by atoms with Crippen LogP contribution >= 0.6 is 0 Å². The van der Waals surface area contributed by atoms with Crippen molar-refractivity contribution < 1.29 is 19.1 Å². The predicted molar refractivity (Wildman–Crippen MR) is 123 cm³/mol. The summed E-state index contributed by atoms with van der Waals surface area (Å²) in [7, 11) is 1.58. The van der Waals surface area contributed by atoms with Gasteiger partial charge in [0.05, 0.1) is 24.3 Å². The molecule has 1 heterocycles. The summed E-state index contributed by atoms with van der Waals surface area (Å²) in [6, 6.07) is 14.2. The van der Waals surface area contributed by atoms with Crippen molar-refractivity contribution in [2.24, 2.45) is 5.92 Å². The van der Waals surface area contributed by atoms with Crippen LogP contribution in [0.5, 0.6) is 5.75 Å². The molecule has 168 valence electrons. The number of methoxy groups -OCH3 is 1. The summed E-state index contributed by atoms with van der Waals surface area (Å²) in [6.45, 7) is 0.454. The first-order chi connectivity index (χ1) is 15.5. The molecule has 32 heavy (non-hydrogen) atoms. The van der Waals surface area contributed by atoms with E-state index >= 15 is 0 Å². The maximum atomic E-state index is 13.0. The van der Waals surface area contributed by atoms with Crippen molar-refractivity contribution in [3.63, 3.8) is 0 Å². The quantitative estimate of drug-likeness (QED) is 0.716. The summed E-state index contributed by atoms with van der Waals surface area (Å²) in [5, 5.41) is 5.72. The summed E-state index contributed by atoms with van der Waals surface area (Å²) >= 11 is 0. The number of amides is 3. The molecule has 0 bridgehead atoms. The fourth-order valence-corrected chi connectivity index (χ4v) is 4.55. The third kappa shape index (κ3) is 4.93. The van der Waals surface area contributed by atoms with Crippen LogP contribution in [0.3, 0.4) is 0 Å². The van der Waals surface area contributed by atoms with Crippen molar-refractivity contribution >= 4 is 29.1 Å². The topological polar surface area (TPSA) is 87.7 Å². The first-order valence-corrected chi connectivity index (χ1v) is 11.2. The summed E-state index contributed by atoms with van der Waals surface area (Å²) < 4.78 is 5.14. The van der Waals surface area contributed by atoms with E-state index in [2.05, 4.69) is 10.6 Å². The number of hydrogen-bond acceptors (Lipinski definition) is 4. The smallest absolute Gasteiger partial charge is 0.257 e. The summed E-state index contributed by atoms with van der Waals surface area (Å²) in [5.41, 5.74) is 1.43. The molecule has 7 heteroatoms. The minimum atomic E-state index is -0.401. The van der Waals surface area contributed by atoms with E-state index in [1.54, 1.807) is 55.6 Å². The van der Waals surface area contributed by atoms with Crippen molar-refractivity contribution in [3.05, 3.63) is 54.1 Å². The number of para-hydroxylation sites is 1. The zero-order chi connectivity index (χ0) is 22.5. The molecule has 1 saturated heterocycles. The van der Waals surface area contributed by atoms with Crippen LogP contribution in [0.15, 0.2) is 48.5 Å². The molecule has 2 N–H and O–H groups in total. The summed E-state index contributed by atoms with van der Waals surface area (Å²) in [5.74, 6) is -0.187. The average Bonchev–Trinajstić information content (AvgIpc) is 3.22. The maximum absolute atomic E-state index is 13.0. The van der Waals surface area contributed by atoms with Crippen molar-refractivity contribution in [3.8, 4) is 5.75 Å². The Labute approximate surface area is 188 Å². The minimum absolute atomic E-state index is 0.0579. The Kier molecular flexibility index (Phi) is 6.73. The second kappa shape index (κ2) is 9.85. The van der Waals surface area contributed by atoms with Crippen LogP contribution in [0, 0.1) is 5.92 Å². The lowest BCUT2D eigenvalue weighted by atomic mass is 9.94. The maximum Gasteiger partial charge on any atom is 0.257 e. The van der Waals surface area contributed by atoms with E-state index in [9.17, 15) is 14.4 Å². The van der Waals surface area contributed by atoms with E-state index in [0.29, 0.717) is 29.2 Å². The zero-order valence-electron chi connectivity index (χ0n) is 18.3. The van der Waals surface area contributed by atoms with Gasteiger partial charge in [-0.25, -0.2) is 0 Å². The van der Waals surface area contributed by atoms with Crippen LogP contribution in [-0.4, -0.2) is 42.3 Å². The molecule has 1 aliphatic carbocycles. The highest BCUT2D eigenvalue weighted by Crippen LogP contribution is 2.29. The van der Waals surface area contributed by atoms with E-state index in [-0.39, 0.29) is 30.2 Å². The average molecular weight is 436 g/mol. The van der Waals surface area contributed by atoms with E-state index in [4.69, 9.17) is 4.74 Å². The number of hydrogen-bond donors (Lipinski definition) is 2. The Morgan fingerprint density at radius 2 is 1.69 bits per heavy atom. The lowest BCUT2D eigenvalue weighted by molar-refractivity contribution is -0.130. The van der Waals surface area contributed by atoms with E-state index in [1.165, 1.54) is 6.42 Å². The monoisotopic (exact) mass is 435 g/mol. The third-order valence-corrected chi connectivity index (χ3v) is 6.32. The van der Waals surface area contributed by atoms with E-state index < -0.39 is 5.92 Å². The molecule has 0 spiro atoms. The molecule has 0 unspecified atom stereocenters. The van der Waals surface area contributed by atoms with Gasteiger partial charge in [0.25, 0.3) is 5.91 Å². The van der Waals surface area contributed by atoms with Gasteiger partial charge in [-0.1, -0.05) is 31.4 Å². The molecule has 0 radical (unpaired) electrons. The van der Waals surface area contributed by atoms with Gasteiger partial charge in [0.2, 0.25) is 11.8 Å². The third-order valence-electron chi connectivity index (χ3n) is 6.32. The number of rotatable bonds is 6. The number of nitrogens with one attached hydrogen (secondary N) is 2. The number of nitrogens with zero attached hydrogens (tertiary/aromatic N) is 1. The molecular weight excluding hydrogens is 406 g/mol. The second-order valence-electron chi connectivity index (χ2n) is 8.46. The molecule has 2 fully saturated rings. The molecule has 1 saturated carbocycles. The molecule has 2 aromatic rings. The normalized spacial score (nSPS) is 19.0. The van der Waals surface area contributed by atoms with Crippen LogP contribution in [0.25, 0.3) is 0 Å². The Bertz CT molecular complexity index is 983. The SMILES string of the molecule is COc1ccc(NC(=O)c2ccccc2NC(=O)[C@@H]2CC(=O)N(C3CCCCC3)C2)cc1. The van der Waals surface area contributed by atoms with Crippen molar-refractivity contribution in [2.75, 3.05) is 24.3 Å². The fraction of sp³-hybridized carbons (Fsp3) is 0.400. The molecule has 0 aromatic heterocycles. The number of anilines is 2. The van der Waals surface area contributed by atoms with Crippen molar-refractivity contribution in [2.45, 2.75) is 44.6 Å². The highest BCUT2D eigenvalue weighted by Gasteiger charge is 2.38. The van der Waals surface area contributed by atoms with E-state index in [0.717, 1.165) is 25.7 Å². The van der Waals surface area contributed by atoms with Gasteiger partial charge in [-0.2, -0.15) is 0 Å². The van der Waals surface area contributed by atoms with Crippen LogP contribution in [-0.2, 0) is 9.59 Å². The first kappa shape index (κ1) is 21.9. The predicted octanol–water partition coefficient (Wildman–Crippen LogP) is 4.07. The first-order valence-electron chi connectivity index (χ1n) is 11.2. The fourth-order valence-electron chi connectivity index (χ4n) is 4.55. The lowest BCUT2D eigenvalue weighted by Crippen LogP contribution is -2.38. The van der Waals surface area contributed by atoms with Gasteiger partial charge >= 0.3 is 0 Å². The van der Waals surface area contributed by atoms with Gasteiger partial charge in [0.1, 0.15) is 5.75 Å². The van der Waals surface area contributed by atoms with Crippen molar-refractivity contribution in [1.29, 1.82) is 0 Å². The van der Waals surface area contributed by atoms with Crippen LogP contribution in [0.2, 0.25) is 0 Å². The van der Waals surface area contributed by atoms with Gasteiger partial charge in [0.15, 0.2) is 0 Å². The van der Waals surface area contributed by atoms with Gasteiger partial charge in [0, 0.05) is 24.7 Å². The molecule has 4 rings (SSSR count). The second-order valence-corrected chi connectivity index (χ2v) is 8.46. The molecular formula is C25H29N3O4.